The first-order valence-electron chi connectivity index (χ1n) is 12.2. The monoisotopic (exact) mass is 499 g/mol. The summed E-state index contributed by atoms with van der Waals surface area (Å²) < 4.78 is 21.3. The maximum absolute atomic E-state index is 13.5. The first-order chi connectivity index (χ1) is 17.4. The molecule has 1 fully saturated rings. The number of nitrogens with one attached hydrogen (secondary N) is 1. The summed E-state index contributed by atoms with van der Waals surface area (Å²) in [7, 11) is 4.73. The Morgan fingerprint density at radius 1 is 0.972 bits per heavy atom. The van der Waals surface area contributed by atoms with E-state index in [2.05, 4.69) is 10.2 Å². The fourth-order valence-corrected chi connectivity index (χ4v) is 4.09. The summed E-state index contributed by atoms with van der Waals surface area (Å²) in [6.07, 6.45) is 0.127. The molecular formula is C27H37N3O6. The number of morpholine rings is 1. The molecule has 0 aromatic heterocycles. The summed E-state index contributed by atoms with van der Waals surface area (Å²) >= 11 is 0. The minimum atomic E-state index is -0.649. The highest BCUT2D eigenvalue weighted by atomic mass is 16.5. The van der Waals surface area contributed by atoms with Gasteiger partial charge in [-0.2, -0.15) is 0 Å². The van der Waals surface area contributed by atoms with E-state index in [1.165, 1.54) is 0 Å². The second-order valence-corrected chi connectivity index (χ2v) is 8.66. The number of carbonyl (C=O) groups is 2. The molecule has 36 heavy (non-hydrogen) atoms. The highest BCUT2D eigenvalue weighted by Crippen LogP contribution is 2.28. The Bertz CT molecular complexity index is 992. The molecule has 2 aromatic carbocycles. The van der Waals surface area contributed by atoms with Gasteiger partial charge in [-0.05, 0) is 42.3 Å². The SMILES string of the molecule is COc1ccc(CN(C(=O)Cc2ccc(OC)c(OC)c2)[C@H](C)C(=O)NCCN2CCOCC2)cc1. The third-order valence-corrected chi connectivity index (χ3v) is 6.31. The van der Waals surface area contributed by atoms with Gasteiger partial charge in [0.2, 0.25) is 11.8 Å². The summed E-state index contributed by atoms with van der Waals surface area (Å²) in [6, 6.07) is 12.2. The number of carbonyl (C=O) groups excluding carboxylic acids is 2. The van der Waals surface area contributed by atoms with Gasteiger partial charge in [0.1, 0.15) is 11.8 Å². The standard InChI is InChI=1S/C27H37N3O6/c1-20(27(32)28-11-12-29-13-15-36-16-14-29)30(19-21-5-8-23(33-2)9-6-21)26(31)18-22-7-10-24(34-3)25(17-22)35-4/h5-10,17,20H,11-16,18-19H2,1-4H3,(H,28,32)/t20-/m1/s1. The van der Waals surface area contributed by atoms with E-state index < -0.39 is 6.04 Å². The van der Waals surface area contributed by atoms with E-state index in [0.717, 1.165) is 36.5 Å². The Morgan fingerprint density at radius 3 is 2.28 bits per heavy atom. The van der Waals surface area contributed by atoms with Gasteiger partial charge in [0.25, 0.3) is 0 Å². The van der Waals surface area contributed by atoms with Gasteiger partial charge in [0.05, 0.1) is 41.0 Å². The van der Waals surface area contributed by atoms with Crippen molar-refractivity contribution in [2.24, 2.45) is 0 Å². The molecule has 1 N–H and O–H groups in total. The quantitative estimate of drug-likeness (QED) is 0.479. The van der Waals surface area contributed by atoms with Crippen LogP contribution in [0.5, 0.6) is 17.2 Å². The third kappa shape index (κ3) is 7.60. The lowest BCUT2D eigenvalue weighted by Gasteiger charge is -2.30. The maximum atomic E-state index is 13.5. The lowest BCUT2D eigenvalue weighted by Crippen LogP contribution is -2.49. The van der Waals surface area contributed by atoms with Crippen LogP contribution in [0.15, 0.2) is 42.5 Å². The van der Waals surface area contributed by atoms with Crippen LogP contribution >= 0.6 is 0 Å². The smallest absolute Gasteiger partial charge is 0.242 e. The number of benzene rings is 2. The molecule has 0 radical (unpaired) electrons. The zero-order valence-electron chi connectivity index (χ0n) is 21.6. The van der Waals surface area contributed by atoms with Gasteiger partial charge in [-0.1, -0.05) is 18.2 Å². The summed E-state index contributed by atoms with van der Waals surface area (Å²) in [5.74, 6) is 1.54. The molecule has 1 aliphatic rings. The average Bonchev–Trinajstić information content (AvgIpc) is 2.92. The van der Waals surface area contributed by atoms with E-state index in [-0.39, 0.29) is 18.2 Å². The molecule has 196 valence electrons. The van der Waals surface area contributed by atoms with Crippen LogP contribution in [0.2, 0.25) is 0 Å². The molecule has 1 saturated heterocycles. The second kappa shape index (κ2) is 13.7. The molecule has 0 saturated carbocycles. The zero-order valence-corrected chi connectivity index (χ0v) is 21.6. The van der Waals surface area contributed by atoms with Gasteiger partial charge >= 0.3 is 0 Å². The Kier molecular flexibility index (Phi) is 10.4. The molecule has 1 atom stereocenters. The van der Waals surface area contributed by atoms with Crippen LogP contribution in [0.25, 0.3) is 0 Å². The molecular weight excluding hydrogens is 462 g/mol. The minimum Gasteiger partial charge on any atom is -0.497 e. The highest BCUT2D eigenvalue weighted by molar-refractivity contribution is 5.88. The van der Waals surface area contributed by atoms with Gasteiger partial charge in [0, 0.05) is 32.7 Å². The van der Waals surface area contributed by atoms with E-state index in [9.17, 15) is 9.59 Å². The van der Waals surface area contributed by atoms with Crippen LogP contribution in [-0.4, -0.2) is 88.4 Å². The molecule has 0 bridgehead atoms. The number of hydrogen-bond donors (Lipinski definition) is 1. The maximum Gasteiger partial charge on any atom is 0.242 e. The van der Waals surface area contributed by atoms with Crippen LogP contribution in [0, 0.1) is 0 Å². The van der Waals surface area contributed by atoms with Crippen LogP contribution in [0.1, 0.15) is 18.1 Å². The zero-order chi connectivity index (χ0) is 25.9. The molecule has 0 spiro atoms. The molecule has 3 rings (SSSR count). The summed E-state index contributed by atoms with van der Waals surface area (Å²) in [5, 5.41) is 2.99. The van der Waals surface area contributed by atoms with E-state index in [0.29, 0.717) is 37.8 Å². The summed E-state index contributed by atoms with van der Waals surface area (Å²) in [4.78, 5) is 30.4. The van der Waals surface area contributed by atoms with E-state index in [1.807, 2.05) is 30.3 Å². The van der Waals surface area contributed by atoms with Crippen LogP contribution in [0.4, 0.5) is 0 Å². The van der Waals surface area contributed by atoms with Gasteiger partial charge < -0.3 is 29.2 Å². The number of amides is 2. The average molecular weight is 500 g/mol. The van der Waals surface area contributed by atoms with E-state index >= 15 is 0 Å². The molecule has 2 aromatic rings. The summed E-state index contributed by atoms with van der Waals surface area (Å²) in [6.45, 7) is 6.48. The Hall–Kier alpha value is -3.30. The van der Waals surface area contributed by atoms with E-state index in [1.54, 1.807) is 45.3 Å². The normalized spacial score (nSPS) is 14.6. The molecule has 9 heteroatoms. The number of ether oxygens (including phenoxy) is 4. The van der Waals surface area contributed by atoms with Crippen molar-refractivity contribution in [3.05, 3.63) is 53.6 Å². The third-order valence-electron chi connectivity index (χ3n) is 6.31. The van der Waals surface area contributed by atoms with Crippen molar-refractivity contribution in [2.45, 2.75) is 25.9 Å². The molecule has 0 aliphatic carbocycles. The van der Waals surface area contributed by atoms with Crippen molar-refractivity contribution in [3.8, 4) is 17.2 Å². The Labute approximate surface area is 213 Å². The number of hydrogen-bond acceptors (Lipinski definition) is 7. The summed E-state index contributed by atoms with van der Waals surface area (Å²) in [5.41, 5.74) is 1.68. The molecule has 1 heterocycles. The predicted molar refractivity (Wildman–Crippen MR) is 137 cm³/mol. The molecule has 9 nitrogen and oxygen atoms in total. The predicted octanol–water partition coefficient (Wildman–Crippen LogP) is 2.12. The fourth-order valence-electron chi connectivity index (χ4n) is 4.09. The number of methoxy groups -OCH3 is 3. The van der Waals surface area contributed by atoms with Crippen molar-refractivity contribution < 1.29 is 28.5 Å². The highest BCUT2D eigenvalue weighted by Gasteiger charge is 2.26. The van der Waals surface area contributed by atoms with Crippen LogP contribution < -0.4 is 19.5 Å². The van der Waals surface area contributed by atoms with Crippen LogP contribution in [0.3, 0.4) is 0 Å². The minimum absolute atomic E-state index is 0.127. The number of nitrogens with zero attached hydrogens (tertiary/aromatic N) is 2. The Balaban J connectivity index is 1.71. The van der Waals surface area contributed by atoms with Crippen molar-refractivity contribution >= 4 is 11.8 Å². The molecule has 0 unspecified atom stereocenters. The van der Waals surface area contributed by atoms with Crippen LogP contribution in [-0.2, 0) is 27.3 Å². The topological polar surface area (TPSA) is 89.6 Å². The van der Waals surface area contributed by atoms with Gasteiger partial charge in [-0.15, -0.1) is 0 Å². The van der Waals surface area contributed by atoms with E-state index in [4.69, 9.17) is 18.9 Å². The largest absolute Gasteiger partial charge is 0.497 e. The van der Waals surface area contributed by atoms with Gasteiger partial charge in [-0.3, -0.25) is 14.5 Å². The first-order valence-corrected chi connectivity index (χ1v) is 12.2. The molecule has 2 amide bonds. The van der Waals surface area contributed by atoms with Gasteiger partial charge in [0.15, 0.2) is 11.5 Å². The lowest BCUT2D eigenvalue weighted by atomic mass is 10.1. The second-order valence-electron chi connectivity index (χ2n) is 8.66. The molecule has 1 aliphatic heterocycles. The van der Waals surface area contributed by atoms with Crippen molar-refractivity contribution in [3.63, 3.8) is 0 Å². The van der Waals surface area contributed by atoms with Crippen molar-refractivity contribution in [1.29, 1.82) is 0 Å². The van der Waals surface area contributed by atoms with Crippen molar-refractivity contribution in [1.82, 2.24) is 15.1 Å². The van der Waals surface area contributed by atoms with Gasteiger partial charge in [-0.25, -0.2) is 0 Å². The Morgan fingerprint density at radius 2 is 1.64 bits per heavy atom. The first kappa shape index (κ1) is 27.3. The number of rotatable bonds is 12. The lowest BCUT2D eigenvalue weighted by molar-refractivity contribution is -0.140. The fraction of sp³-hybridized carbons (Fsp3) is 0.481. The van der Waals surface area contributed by atoms with Crippen molar-refractivity contribution in [2.75, 3.05) is 60.7 Å².